The summed E-state index contributed by atoms with van der Waals surface area (Å²) in [6.45, 7) is 6.24. The molecule has 0 aliphatic heterocycles. The third-order valence-corrected chi connectivity index (χ3v) is 6.87. The molecule has 1 aliphatic rings. The summed E-state index contributed by atoms with van der Waals surface area (Å²) in [4.78, 5) is 43.1. The van der Waals surface area contributed by atoms with E-state index < -0.39 is 0 Å². The molecule has 2 aromatic heterocycles. The fourth-order valence-electron chi connectivity index (χ4n) is 3.25. The van der Waals surface area contributed by atoms with Gasteiger partial charge in [-0.25, -0.2) is 4.98 Å². The number of likely N-dealkylation sites (N-methyl/N-ethyl adjacent to an activating group) is 1. The molecule has 2 N–H and O–H groups in total. The van der Waals surface area contributed by atoms with Gasteiger partial charge in [-0.3, -0.25) is 19.0 Å². The van der Waals surface area contributed by atoms with Crippen molar-refractivity contribution < 1.29 is 9.59 Å². The highest BCUT2D eigenvalue weighted by atomic mass is 32.2. The predicted molar refractivity (Wildman–Crippen MR) is 113 cm³/mol. The first-order valence-corrected chi connectivity index (χ1v) is 11.0. The molecule has 1 atom stereocenters. The van der Waals surface area contributed by atoms with E-state index in [1.165, 1.54) is 23.7 Å². The molecule has 0 spiro atoms. The minimum Gasteiger partial charge on any atom is -0.358 e. The molecule has 0 fully saturated rings. The first kappa shape index (κ1) is 20.6. The third-order valence-electron chi connectivity index (χ3n) is 4.75. The zero-order valence-corrected chi connectivity index (χ0v) is 17.7. The van der Waals surface area contributed by atoms with Crippen LogP contribution in [-0.2, 0) is 29.0 Å². The Labute approximate surface area is 171 Å². The zero-order valence-electron chi connectivity index (χ0n) is 16.0. The lowest BCUT2D eigenvalue weighted by atomic mass is 9.89. The smallest absolute Gasteiger partial charge is 0.263 e. The van der Waals surface area contributed by atoms with Gasteiger partial charge in [-0.2, -0.15) is 0 Å². The highest BCUT2D eigenvalue weighted by Gasteiger charge is 2.24. The lowest BCUT2D eigenvalue weighted by Gasteiger charge is -2.17. The van der Waals surface area contributed by atoms with Crippen molar-refractivity contribution in [2.45, 2.75) is 37.9 Å². The summed E-state index contributed by atoms with van der Waals surface area (Å²) in [5, 5.41) is 6.22. The van der Waals surface area contributed by atoms with Crippen LogP contribution in [0.2, 0.25) is 0 Å². The average molecular weight is 421 g/mol. The number of hydrogen-bond donors (Lipinski definition) is 2. The fraction of sp³-hybridized carbons (Fsp3) is 0.474. The number of thioether (sulfide) groups is 1. The van der Waals surface area contributed by atoms with Crippen molar-refractivity contribution in [1.82, 2.24) is 20.2 Å². The van der Waals surface area contributed by atoms with Crippen molar-refractivity contribution in [3.63, 3.8) is 0 Å². The maximum atomic E-state index is 13.2. The lowest BCUT2D eigenvalue weighted by Crippen LogP contribution is -2.36. The minimum absolute atomic E-state index is 0.0646. The van der Waals surface area contributed by atoms with Gasteiger partial charge in [0.25, 0.3) is 5.56 Å². The molecule has 0 aromatic carbocycles. The van der Waals surface area contributed by atoms with Gasteiger partial charge in [0.15, 0.2) is 5.16 Å². The van der Waals surface area contributed by atoms with Crippen molar-refractivity contribution in [2.24, 2.45) is 5.92 Å². The molecule has 3 rings (SSSR count). The summed E-state index contributed by atoms with van der Waals surface area (Å²) in [6.07, 6.45) is 4.64. The van der Waals surface area contributed by atoms with E-state index in [1.54, 1.807) is 22.0 Å². The molecular weight excluding hydrogens is 396 g/mol. The lowest BCUT2D eigenvalue weighted by molar-refractivity contribution is -0.124. The predicted octanol–water partition coefficient (Wildman–Crippen LogP) is 1.72. The third kappa shape index (κ3) is 4.30. The highest BCUT2D eigenvalue weighted by Crippen LogP contribution is 2.36. The van der Waals surface area contributed by atoms with E-state index >= 15 is 0 Å². The number of aromatic nitrogens is 2. The second kappa shape index (κ2) is 8.91. The molecule has 0 saturated carbocycles. The van der Waals surface area contributed by atoms with E-state index in [0.29, 0.717) is 17.6 Å². The van der Waals surface area contributed by atoms with Crippen molar-refractivity contribution >= 4 is 45.1 Å². The van der Waals surface area contributed by atoms with Crippen LogP contribution in [0.3, 0.4) is 0 Å². The summed E-state index contributed by atoms with van der Waals surface area (Å²) in [6, 6.07) is 0. The maximum Gasteiger partial charge on any atom is 0.263 e. The number of fused-ring (bicyclic) bond motifs is 3. The van der Waals surface area contributed by atoms with Crippen LogP contribution < -0.4 is 16.2 Å². The number of carbonyl (C=O) groups excluding carboxylic acids is 2. The largest absolute Gasteiger partial charge is 0.358 e. The maximum absolute atomic E-state index is 13.2. The molecule has 2 heterocycles. The Hall–Kier alpha value is -2.13. The SMILES string of the molecule is C=CCn1c(SCC(=O)NCC(=O)NC)nc2sc3c(c2c1=O)CC[C@@H](C)C3. The normalized spacial score (nSPS) is 15.9. The van der Waals surface area contributed by atoms with Gasteiger partial charge in [-0.1, -0.05) is 24.8 Å². The van der Waals surface area contributed by atoms with Crippen LogP contribution in [0.15, 0.2) is 22.6 Å². The van der Waals surface area contributed by atoms with Crippen molar-refractivity contribution in [3.8, 4) is 0 Å². The van der Waals surface area contributed by atoms with Gasteiger partial charge in [0, 0.05) is 18.5 Å². The summed E-state index contributed by atoms with van der Waals surface area (Å²) in [7, 11) is 1.51. The number of aryl methyl sites for hydroxylation is 1. The highest BCUT2D eigenvalue weighted by molar-refractivity contribution is 7.99. The van der Waals surface area contributed by atoms with Crippen molar-refractivity contribution in [2.75, 3.05) is 19.3 Å². The number of thiophene rings is 1. The topological polar surface area (TPSA) is 93.1 Å². The number of amides is 2. The number of allylic oxidation sites excluding steroid dienone is 1. The van der Waals surface area contributed by atoms with Crippen LogP contribution in [-0.4, -0.2) is 40.7 Å². The molecule has 2 aromatic rings. The van der Waals surface area contributed by atoms with Gasteiger partial charge in [0.1, 0.15) is 4.83 Å². The number of carbonyl (C=O) groups is 2. The van der Waals surface area contributed by atoms with E-state index in [1.807, 2.05) is 0 Å². The standard InChI is InChI=1S/C19H24N4O3S2/c1-4-7-23-18(26)16-12-6-5-11(2)8-13(12)28-17(16)22-19(23)27-10-15(25)21-9-14(24)20-3/h4,11H,1,5-10H2,2-3H3,(H,20,24)(H,21,25)/t11-/m1/s1. The van der Waals surface area contributed by atoms with E-state index in [0.717, 1.165) is 35.0 Å². The molecule has 0 unspecified atom stereocenters. The summed E-state index contributed by atoms with van der Waals surface area (Å²) < 4.78 is 1.58. The Morgan fingerprint density at radius 3 is 2.93 bits per heavy atom. The van der Waals surface area contributed by atoms with Crippen LogP contribution in [0.5, 0.6) is 0 Å². The van der Waals surface area contributed by atoms with E-state index in [-0.39, 0.29) is 29.7 Å². The number of nitrogens with zero attached hydrogens (tertiary/aromatic N) is 2. The van der Waals surface area contributed by atoms with Gasteiger partial charge in [-0.05, 0) is 30.7 Å². The monoisotopic (exact) mass is 420 g/mol. The molecule has 150 valence electrons. The molecule has 0 radical (unpaired) electrons. The first-order valence-electron chi connectivity index (χ1n) is 9.20. The van der Waals surface area contributed by atoms with Crippen molar-refractivity contribution in [3.05, 3.63) is 33.4 Å². The summed E-state index contributed by atoms with van der Waals surface area (Å²) in [5.74, 6) is 0.148. The molecule has 9 heteroatoms. The Kier molecular flexibility index (Phi) is 6.56. The second-order valence-electron chi connectivity index (χ2n) is 6.87. The zero-order chi connectivity index (χ0) is 20.3. The minimum atomic E-state index is -0.285. The molecular formula is C19H24N4O3S2. The number of nitrogens with one attached hydrogen (secondary N) is 2. The Bertz CT molecular complexity index is 980. The average Bonchev–Trinajstić information content (AvgIpc) is 3.04. The summed E-state index contributed by atoms with van der Waals surface area (Å²) in [5.41, 5.74) is 1.08. The molecule has 2 amide bonds. The Balaban J connectivity index is 1.88. The molecule has 28 heavy (non-hydrogen) atoms. The van der Waals surface area contributed by atoms with Crippen molar-refractivity contribution in [1.29, 1.82) is 0 Å². The number of hydrogen-bond acceptors (Lipinski definition) is 6. The summed E-state index contributed by atoms with van der Waals surface area (Å²) >= 11 is 2.79. The van der Waals surface area contributed by atoms with E-state index in [9.17, 15) is 14.4 Å². The van der Waals surface area contributed by atoms with Crippen LogP contribution in [0, 0.1) is 5.92 Å². The van der Waals surface area contributed by atoms with Crippen LogP contribution in [0.1, 0.15) is 23.8 Å². The van der Waals surface area contributed by atoms with Gasteiger partial charge in [0.05, 0.1) is 17.7 Å². The van der Waals surface area contributed by atoms with Gasteiger partial charge in [0.2, 0.25) is 11.8 Å². The quantitative estimate of drug-likeness (QED) is 0.404. The van der Waals surface area contributed by atoms with E-state index in [2.05, 4.69) is 24.1 Å². The van der Waals surface area contributed by atoms with Gasteiger partial charge >= 0.3 is 0 Å². The van der Waals surface area contributed by atoms with Gasteiger partial charge in [-0.15, -0.1) is 17.9 Å². The first-order chi connectivity index (χ1) is 13.4. The van der Waals surface area contributed by atoms with Crippen LogP contribution in [0.4, 0.5) is 0 Å². The molecule has 7 nitrogen and oxygen atoms in total. The molecule has 0 saturated heterocycles. The molecule has 1 aliphatic carbocycles. The van der Waals surface area contributed by atoms with Crippen LogP contribution >= 0.6 is 23.1 Å². The molecule has 0 bridgehead atoms. The van der Waals surface area contributed by atoms with E-state index in [4.69, 9.17) is 4.98 Å². The fourth-order valence-corrected chi connectivity index (χ4v) is 5.52. The van der Waals surface area contributed by atoms with Crippen LogP contribution in [0.25, 0.3) is 10.2 Å². The Morgan fingerprint density at radius 1 is 1.43 bits per heavy atom. The Morgan fingerprint density at radius 2 is 2.21 bits per heavy atom. The van der Waals surface area contributed by atoms with Gasteiger partial charge < -0.3 is 10.6 Å². The second-order valence-corrected chi connectivity index (χ2v) is 8.90. The number of rotatable bonds is 7.